The Bertz CT molecular complexity index is 80.0. The average molecular weight is 233 g/mol. The minimum Gasteiger partial charge on any atom is 0 e. The smallest absolute Gasteiger partial charge is 0 e. The summed E-state index contributed by atoms with van der Waals surface area (Å²) in [6.07, 6.45) is 0. The molecule has 0 rings (SSSR count). The van der Waals surface area contributed by atoms with Gasteiger partial charge in [-0.3, -0.25) is 0 Å². The van der Waals surface area contributed by atoms with Gasteiger partial charge in [-0.05, 0) is 0 Å². The predicted molar refractivity (Wildman–Crippen MR) is 22.4 cm³/mol. The standard InChI is InChI=1S/C2H2O4.K.Rh.H/c3-1(4)2(5)6;;;/h(H,3,4)(H,5,6);;;. The molecule has 0 heterocycles. The van der Waals surface area contributed by atoms with Crippen molar-refractivity contribution in [2.45, 2.75) is 0 Å². The molecule has 0 aromatic carbocycles. The van der Waals surface area contributed by atoms with Gasteiger partial charge in [-0.25, -0.2) is 9.59 Å². The van der Waals surface area contributed by atoms with Crippen molar-refractivity contribution in [3.8, 4) is 0 Å². The third kappa shape index (κ3) is 10.2. The minimum absolute atomic E-state index is 0. The normalized spacial score (nSPS) is 5.50. The molecule has 0 amide bonds. The van der Waals surface area contributed by atoms with Gasteiger partial charge in [0.05, 0.1) is 0 Å². The number of rotatable bonds is 0. The molecule has 6 heteroatoms. The second-order valence-corrected chi connectivity index (χ2v) is 0.610. The van der Waals surface area contributed by atoms with E-state index >= 15 is 0 Å². The summed E-state index contributed by atoms with van der Waals surface area (Å²) >= 11 is 0. The summed E-state index contributed by atoms with van der Waals surface area (Å²) in [6, 6.07) is 0. The van der Waals surface area contributed by atoms with Crippen LogP contribution in [0.5, 0.6) is 0 Å². The van der Waals surface area contributed by atoms with E-state index in [2.05, 4.69) is 0 Å². The molecule has 8 heavy (non-hydrogen) atoms. The van der Waals surface area contributed by atoms with Crippen LogP contribution in [0.1, 0.15) is 0 Å². The molecule has 0 aromatic heterocycles. The zero-order valence-corrected chi connectivity index (χ0v) is 4.68. The van der Waals surface area contributed by atoms with Gasteiger partial charge in [-0.15, -0.1) is 0 Å². The largest absolute Gasteiger partial charge is 0 e. The van der Waals surface area contributed by atoms with Crippen LogP contribution in [0.15, 0.2) is 0 Å². The fourth-order valence-corrected chi connectivity index (χ4v) is 0. The molecule has 2 N–H and O–H groups in total. The van der Waals surface area contributed by atoms with Gasteiger partial charge in [0.15, 0.2) is 0 Å². The molecule has 0 unspecified atom stereocenters. The van der Waals surface area contributed by atoms with Gasteiger partial charge in [0.1, 0.15) is 0 Å². The molecule has 0 saturated heterocycles. The zero-order valence-electron chi connectivity index (χ0n) is 3.04. The fraction of sp³-hybridized carbons (Fsp3) is 0. The Morgan fingerprint density at radius 3 is 1.12 bits per heavy atom. The maximum Gasteiger partial charge on any atom is 0 e. The SMILES string of the molecule is O=C(O)C(=O)O.[KH].[Rh]. The molecule has 0 aliphatic heterocycles. The maximum atomic E-state index is 9.10. The van der Waals surface area contributed by atoms with Crippen molar-refractivity contribution in [2.75, 3.05) is 0 Å². The van der Waals surface area contributed by atoms with Crippen LogP contribution < -0.4 is 0 Å². The number of carboxylic acids is 2. The summed E-state index contributed by atoms with van der Waals surface area (Å²) < 4.78 is 0. The summed E-state index contributed by atoms with van der Waals surface area (Å²) in [4.78, 5) is 18.2. The van der Waals surface area contributed by atoms with Gasteiger partial charge in [-0.2, -0.15) is 0 Å². The first-order valence-electron chi connectivity index (χ1n) is 1.11. The quantitative estimate of drug-likeness (QED) is 0.394. The first kappa shape index (κ1) is 16.1. The molecule has 0 bridgehead atoms. The third-order valence-electron chi connectivity index (χ3n) is 0.183. The van der Waals surface area contributed by atoms with Crippen LogP contribution in [0.25, 0.3) is 0 Å². The van der Waals surface area contributed by atoms with E-state index in [4.69, 9.17) is 19.8 Å². The van der Waals surface area contributed by atoms with Crippen molar-refractivity contribution in [3.63, 3.8) is 0 Å². The van der Waals surface area contributed by atoms with E-state index in [-0.39, 0.29) is 70.9 Å². The third-order valence-corrected chi connectivity index (χ3v) is 0.183. The van der Waals surface area contributed by atoms with Crippen molar-refractivity contribution < 1.29 is 39.3 Å². The first-order chi connectivity index (χ1) is 2.64. The molecular formula is C2H3KO4Rh. The molecule has 0 aliphatic carbocycles. The van der Waals surface area contributed by atoms with Crippen LogP contribution in [-0.4, -0.2) is 73.5 Å². The van der Waals surface area contributed by atoms with E-state index in [1.165, 1.54) is 0 Å². The van der Waals surface area contributed by atoms with Gasteiger partial charge >= 0.3 is 63.3 Å². The van der Waals surface area contributed by atoms with Crippen LogP contribution in [0.3, 0.4) is 0 Å². The number of carbonyl (C=O) groups is 2. The molecule has 0 aromatic rings. The summed E-state index contributed by atoms with van der Waals surface area (Å²) in [6.45, 7) is 0. The Balaban J connectivity index is -0.000000125. The van der Waals surface area contributed by atoms with E-state index in [0.717, 1.165) is 0 Å². The Kier molecular flexibility index (Phi) is 16.5. The van der Waals surface area contributed by atoms with Crippen molar-refractivity contribution in [1.29, 1.82) is 0 Å². The molecule has 0 saturated carbocycles. The van der Waals surface area contributed by atoms with E-state index in [0.29, 0.717) is 0 Å². The molecular weight excluding hydrogens is 230 g/mol. The van der Waals surface area contributed by atoms with Crippen LogP contribution >= 0.6 is 0 Å². The number of aliphatic carboxylic acids is 2. The molecule has 45 valence electrons. The van der Waals surface area contributed by atoms with Gasteiger partial charge in [0.2, 0.25) is 0 Å². The predicted octanol–water partition coefficient (Wildman–Crippen LogP) is -1.50. The van der Waals surface area contributed by atoms with E-state index in [1.54, 1.807) is 0 Å². The molecule has 0 atom stereocenters. The van der Waals surface area contributed by atoms with Crippen molar-refractivity contribution in [3.05, 3.63) is 0 Å². The van der Waals surface area contributed by atoms with E-state index in [1.807, 2.05) is 0 Å². The van der Waals surface area contributed by atoms with Crippen molar-refractivity contribution >= 4 is 63.3 Å². The molecule has 4 nitrogen and oxygen atoms in total. The summed E-state index contributed by atoms with van der Waals surface area (Å²) in [7, 11) is 0. The maximum absolute atomic E-state index is 9.10. The summed E-state index contributed by atoms with van der Waals surface area (Å²) in [5.41, 5.74) is 0. The van der Waals surface area contributed by atoms with Gasteiger partial charge in [0, 0.05) is 19.5 Å². The molecule has 0 spiro atoms. The number of hydrogen-bond donors (Lipinski definition) is 2. The van der Waals surface area contributed by atoms with E-state index in [9.17, 15) is 0 Å². The second-order valence-electron chi connectivity index (χ2n) is 0.610. The Hall–Kier alpha value is 1.20. The Morgan fingerprint density at radius 2 is 1.12 bits per heavy atom. The van der Waals surface area contributed by atoms with Crippen LogP contribution in [0.2, 0.25) is 0 Å². The summed E-state index contributed by atoms with van der Waals surface area (Å²) in [5, 5.41) is 14.8. The first-order valence-corrected chi connectivity index (χ1v) is 1.11. The number of carboxylic acid groups (broad SMARTS) is 2. The van der Waals surface area contributed by atoms with E-state index < -0.39 is 11.9 Å². The average Bonchev–Trinajstić information content (AvgIpc) is 1.36. The number of hydrogen-bond acceptors (Lipinski definition) is 2. The van der Waals surface area contributed by atoms with Crippen LogP contribution in [-0.2, 0) is 29.1 Å². The molecule has 0 aliphatic rings. The monoisotopic (exact) mass is 233 g/mol. The van der Waals surface area contributed by atoms with Crippen LogP contribution in [0, 0.1) is 0 Å². The van der Waals surface area contributed by atoms with Crippen molar-refractivity contribution in [1.82, 2.24) is 0 Å². The molecule has 0 fully saturated rings. The second kappa shape index (κ2) is 8.20. The molecule has 1 radical (unpaired) electrons. The van der Waals surface area contributed by atoms with Gasteiger partial charge in [0.25, 0.3) is 0 Å². The topological polar surface area (TPSA) is 74.6 Å². The Morgan fingerprint density at radius 1 is 1.00 bits per heavy atom. The Labute approximate surface area is 101 Å². The van der Waals surface area contributed by atoms with Gasteiger partial charge in [-0.1, -0.05) is 0 Å². The fourth-order valence-electron chi connectivity index (χ4n) is 0. The zero-order chi connectivity index (χ0) is 5.15. The van der Waals surface area contributed by atoms with Crippen molar-refractivity contribution in [2.24, 2.45) is 0 Å². The summed E-state index contributed by atoms with van der Waals surface area (Å²) in [5.74, 6) is -3.65. The van der Waals surface area contributed by atoms with Gasteiger partial charge < -0.3 is 10.2 Å². The van der Waals surface area contributed by atoms with Crippen LogP contribution in [0.4, 0.5) is 0 Å². The minimum atomic E-state index is -1.82.